The van der Waals surface area contributed by atoms with Crippen LogP contribution in [0.2, 0.25) is 5.02 Å². The molecular weight excluding hydrogens is 250 g/mol. The van der Waals surface area contributed by atoms with Crippen LogP contribution in [-0.4, -0.2) is 24.2 Å². The Bertz CT molecular complexity index is 461. The number of carboxylic acid groups (broad SMARTS) is 1. The van der Waals surface area contributed by atoms with Crippen LogP contribution in [0.3, 0.4) is 0 Å². The van der Waals surface area contributed by atoms with Gasteiger partial charge in [0.2, 0.25) is 0 Å². The number of nitrogens with zero attached hydrogens (tertiary/aromatic N) is 1. The van der Waals surface area contributed by atoms with Gasteiger partial charge in [0.1, 0.15) is 0 Å². The number of aromatic carboxylic acids is 1. The first-order valence-electron chi connectivity index (χ1n) is 6.27. The van der Waals surface area contributed by atoms with Gasteiger partial charge in [-0.05, 0) is 30.4 Å². The summed E-state index contributed by atoms with van der Waals surface area (Å²) in [5, 5.41) is 9.78. The number of hydrogen-bond acceptors (Lipinski definition) is 2. The van der Waals surface area contributed by atoms with Gasteiger partial charge in [-0.3, -0.25) is 0 Å². The van der Waals surface area contributed by atoms with E-state index in [9.17, 15) is 9.90 Å². The van der Waals surface area contributed by atoms with Gasteiger partial charge in [-0.25, -0.2) is 4.79 Å². The van der Waals surface area contributed by atoms with Crippen LogP contribution in [0.1, 0.15) is 30.6 Å². The van der Waals surface area contributed by atoms with E-state index >= 15 is 0 Å². The van der Waals surface area contributed by atoms with E-state index in [0.29, 0.717) is 28.1 Å². The minimum absolute atomic E-state index is 0.296. The van der Waals surface area contributed by atoms with Crippen molar-refractivity contribution in [2.24, 2.45) is 11.8 Å². The molecule has 0 bridgehead atoms. The van der Waals surface area contributed by atoms with Gasteiger partial charge in [-0.1, -0.05) is 31.5 Å². The van der Waals surface area contributed by atoms with E-state index in [2.05, 4.69) is 18.7 Å². The number of para-hydroxylation sites is 1. The van der Waals surface area contributed by atoms with Gasteiger partial charge < -0.3 is 10.0 Å². The van der Waals surface area contributed by atoms with E-state index in [1.54, 1.807) is 18.2 Å². The van der Waals surface area contributed by atoms with Crippen LogP contribution in [0.15, 0.2) is 18.2 Å². The Labute approximate surface area is 112 Å². The first kappa shape index (κ1) is 13.2. The first-order valence-corrected chi connectivity index (χ1v) is 6.65. The summed E-state index contributed by atoms with van der Waals surface area (Å²) in [7, 11) is 0. The molecule has 1 aliphatic heterocycles. The largest absolute Gasteiger partial charge is 0.478 e. The zero-order chi connectivity index (χ0) is 13.3. The maximum absolute atomic E-state index is 11.3. The molecule has 4 heteroatoms. The van der Waals surface area contributed by atoms with Crippen LogP contribution in [0, 0.1) is 11.8 Å². The summed E-state index contributed by atoms with van der Waals surface area (Å²) in [5.74, 6) is 0.312. The highest BCUT2D eigenvalue weighted by molar-refractivity contribution is 6.34. The van der Waals surface area contributed by atoms with Crippen molar-refractivity contribution in [3.8, 4) is 0 Å². The molecule has 18 heavy (non-hydrogen) atoms. The van der Waals surface area contributed by atoms with Crippen LogP contribution in [-0.2, 0) is 0 Å². The van der Waals surface area contributed by atoms with E-state index in [-0.39, 0.29) is 0 Å². The molecule has 2 atom stereocenters. The van der Waals surface area contributed by atoms with Gasteiger partial charge in [-0.15, -0.1) is 0 Å². The number of hydrogen-bond donors (Lipinski definition) is 1. The standard InChI is InChI=1S/C14H18ClNO2/c1-9-6-7-16(8-10(9)2)13-11(14(17)18)4-3-5-12(13)15/h3-5,9-10H,6-8H2,1-2H3,(H,17,18). The molecule has 2 unspecified atom stereocenters. The Morgan fingerprint density at radius 1 is 1.39 bits per heavy atom. The summed E-state index contributed by atoms with van der Waals surface area (Å²) in [6.07, 6.45) is 1.07. The lowest BCUT2D eigenvalue weighted by atomic mass is 9.88. The van der Waals surface area contributed by atoms with Crippen LogP contribution in [0.4, 0.5) is 5.69 Å². The molecule has 1 heterocycles. The lowest BCUT2D eigenvalue weighted by molar-refractivity contribution is 0.0697. The summed E-state index contributed by atoms with van der Waals surface area (Å²) < 4.78 is 0. The number of halogens is 1. The molecule has 1 aromatic rings. The third kappa shape index (κ3) is 2.46. The number of benzene rings is 1. The summed E-state index contributed by atoms with van der Waals surface area (Å²) in [6, 6.07) is 5.06. The van der Waals surface area contributed by atoms with Crippen molar-refractivity contribution in [3.63, 3.8) is 0 Å². The Balaban J connectivity index is 2.36. The van der Waals surface area contributed by atoms with Gasteiger partial charge in [0.05, 0.1) is 16.3 Å². The zero-order valence-corrected chi connectivity index (χ0v) is 11.4. The van der Waals surface area contributed by atoms with E-state index in [0.717, 1.165) is 19.5 Å². The molecule has 2 rings (SSSR count). The monoisotopic (exact) mass is 267 g/mol. The maximum atomic E-state index is 11.3. The highest BCUT2D eigenvalue weighted by atomic mass is 35.5. The summed E-state index contributed by atoms with van der Waals surface area (Å²) in [5.41, 5.74) is 0.967. The quantitative estimate of drug-likeness (QED) is 0.891. The number of carboxylic acids is 1. The van der Waals surface area contributed by atoms with Crippen molar-refractivity contribution >= 4 is 23.3 Å². The molecule has 1 aromatic carbocycles. The molecule has 0 amide bonds. The second kappa shape index (κ2) is 5.19. The molecule has 1 N–H and O–H groups in total. The second-order valence-corrected chi connectivity index (χ2v) is 5.54. The van der Waals surface area contributed by atoms with Crippen molar-refractivity contribution in [1.29, 1.82) is 0 Å². The minimum atomic E-state index is -0.918. The number of anilines is 1. The topological polar surface area (TPSA) is 40.5 Å². The highest BCUT2D eigenvalue weighted by Crippen LogP contribution is 2.34. The van der Waals surface area contributed by atoms with Gasteiger partial charge in [0, 0.05) is 13.1 Å². The summed E-state index contributed by atoms with van der Waals surface area (Å²) in [6.45, 7) is 6.18. The molecule has 1 fully saturated rings. The molecule has 0 saturated carbocycles. The lowest BCUT2D eigenvalue weighted by Crippen LogP contribution is -2.39. The van der Waals surface area contributed by atoms with Crippen LogP contribution < -0.4 is 4.90 Å². The van der Waals surface area contributed by atoms with Crippen molar-refractivity contribution in [3.05, 3.63) is 28.8 Å². The Hall–Kier alpha value is -1.22. The molecule has 1 aliphatic rings. The third-order valence-electron chi connectivity index (χ3n) is 3.87. The molecule has 3 nitrogen and oxygen atoms in total. The van der Waals surface area contributed by atoms with E-state index in [1.807, 2.05) is 0 Å². The zero-order valence-electron chi connectivity index (χ0n) is 10.7. The molecule has 0 aliphatic carbocycles. The predicted molar refractivity (Wildman–Crippen MR) is 73.6 cm³/mol. The van der Waals surface area contributed by atoms with Gasteiger partial charge >= 0.3 is 5.97 Å². The van der Waals surface area contributed by atoms with Crippen molar-refractivity contribution in [1.82, 2.24) is 0 Å². The second-order valence-electron chi connectivity index (χ2n) is 5.13. The van der Waals surface area contributed by atoms with Crippen LogP contribution in [0.5, 0.6) is 0 Å². The number of carbonyl (C=O) groups is 1. The Morgan fingerprint density at radius 3 is 2.72 bits per heavy atom. The van der Waals surface area contributed by atoms with Gasteiger partial charge in [0.15, 0.2) is 0 Å². The van der Waals surface area contributed by atoms with Crippen molar-refractivity contribution < 1.29 is 9.90 Å². The highest BCUT2D eigenvalue weighted by Gasteiger charge is 2.26. The molecule has 0 radical (unpaired) electrons. The average Bonchev–Trinajstić information content (AvgIpc) is 2.32. The Morgan fingerprint density at radius 2 is 2.11 bits per heavy atom. The number of piperidine rings is 1. The fraction of sp³-hybridized carbons (Fsp3) is 0.500. The van der Waals surface area contributed by atoms with Gasteiger partial charge in [-0.2, -0.15) is 0 Å². The first-order chi connectivity index (χ1) is 8.50. The maximum Gasteiger partial charge on any atom is 0.337 e. The predicted octanol–water partition coefficient (Wildman–Crippen LogP) is 3.52. The Kier molecular flexibility index (Phi) is 3.81. The van der Waals surface area contributed by atoms with E-state index in [4.69, 9.17) is 11.6 Å². The fourth-order valence-electron chi connectivity index (χ4n) is 2.48. The van der Waals surface area contributed by atoms with E-state index in [1.165, 1.54) is 0 Å². The van der Waals surface area contributed by atoms with Crippen LogP contribution in [0.25, 0.3) is 0 Å². The third-order valence-corrected chi connectivity index (χ3v) is 4.17. The van der Waals surface area contributed by atoms with E-state index < -0.39 is 5.97 Å². The molecule has 98 valence electrons. The minimum Gasteiger partial charge on any atom is -0.478 e. The van der Waals surface area contributed by atoms with Gasteiger partial charge in [0.25, 0.3) is 0 Å². The molecular formula is C14H18ClNO2. The number of rotatable bonds is 2. The normalized spacial score (nSPS) is 24.1. The van der Waals surface area contributed by atoms with Crippen LogP contribution >= 0.6 is 11.6 Å². The lowest BCUT2D eigenvalue weighted by Gasteiger charge is -2.37. The molecule has 0 spiro atoms. The van der Waals surface area contributed by atoms with Crippen molar-refractivity contribution in [2.75, 3.05) is 18.0 Å². The average molecular weight is 268 g/mol. The molecule has 0 aromatic heterocycles. The fourth-order valence-corrected chi connectivity index (χ4v) is 2.77. The smallest absolute Gasteiger partial charge is 0.337 e. The SMILES string of the molecule is CC1CCN(c2c(Cl)cccc2C(=O)O)CC1C. The van der Waals surface area contributed by atoms with Crippen molar-refractivity contribution in [2.45, 2.75) is 20.3 Å². The summed E-state index contributed by atoms with van der Waals surface area (Å²) >= 11 is 6.19. The summed E-state index contributed by atoms with van der Waals surface area (Å²) in [4.78, 5) is 13.4. The molecule has 1 saturated heterocycles.